The first-order valence-electron chi connectivity index (χ1n) is 24.9. The van der Waals surface area contributed by atoms with Crippen molar-refractivity contribution in [2.24, 2.45) is 11.7 Å². The Kier molecular flexibility index (Phi) is 22.1. The van der Waals surface area contributed by atoms with Gasteiger partial charge in [-0.1, -0.05) is 20.8 Å². The van der Waals surface area contributed by atoms with Crippen LogP contribution in [0.2, 0.25) is 0 Å². The van der Waals surface area contributed by atoms with E-state index in [1.165, 1.54) is 12.4 Å². The number of aryl methyl sites for hydroxylation is 1. The van der Waals surface area contributed by atoms with Gasteiger partial charge in [0.05, 0.1) is 60.9 Å². The van der Waals surface area contributed by atoms with Crippen LogP contribution in [0.15, 0.2) is 40.5 Å². The second kappa shape index (κ2) is 28.1. The van der Waals surface area contributed by atoms with Gasteiger partial charge in [-0.05, 0) is 75.1 Å². The monoisotopic (exact) mass is 1220 g/mol. The summed E-state index contributed by atoms with van der Waals surface area (Å²) in [5.41, 5.74) is 7.57. The summed E-state index contributed by atoms with van der Waals surface area (Å²) in [5, 5.41) is 25.6. The van der Waals surface area contributed by atoms with Crippen molar-refractivity contribution >= 4 is 59.0 Å². The topological polar surface area (TPSA) is 325 Å². The molecule has 0 unspecified atom stereocenters. The van der Waals surface area contributed by atoms with Crippen LogP contribution in [-0.2, 0) is 80.7 Å². The van der Waals surface area contributed by atoms with Crippen molar-refractivity contribution in [3.8, 4) is 22.9 Å². The molecule has 0 saturated heterocycles. The number of ether oxygens (including phenoxy) is 6. The zero-order chi connectivity index (χ0) is 53.6. The van der Waals surface area contributed by atoms with Gasteiger partial charge in [0.1, 0.15) is 32.0 Å². The van der Waals surface area contributed by atoms with Gasteiger partial charge in [-0.25, -0.2) is 9.78 Å². The number of nitrogens with one attached hydrogen (secondary N) is 5. The molecule has 3 aliphatic heterocycles. The van der Waals surface area contributed by atoms with Crippen molar-refractivity contribution in [3.63, 3.8) is 0 Å². The Balaban J connectivity index is 0.00000937. The molecular weight excluding hydrogens is 1160 g/mol. The zero-order valence-electron chi connectivity index (χ0n) is 42.4. The van der Waals surface area contributed by atoms with E-state index < -0.39 is 47.3 Å². The van der Waals surface area contributed by atoms with Crippen LogP contribution in [0.3, 0.4) is 0 Å². The molecule has 5 amide bonds. The molecule has 4 aromatic rings. The van der Waals surface area contributed by atoms with Crippen molar-refractivity contribution < 1.29 is 101 Å². The molecule has 0 fully saturated rings. The average Bonchev–Trinajstić information content (AvgIpc) is 4.09. The summed E-state index contributed by atoms with van der Waals surface area (Å²) in [6, 6.07) is 3.34. The second-order valence-electron chi connectivity index (χ2n) is 18.4. The first-order chi connectivity index (χ1) is 36.1. The molecule has 3 atom stereocenters. The number of esters is 1. The number of rotatable bonds is 28. The molecule has 26 heteroatoms. The average molecular weight is 1220 g/mol. The fourth-order valence-electron chi connectivity index (χ4n) is 8.83. The fourth-order valence-corrected chi connectivity index (χ4v) is 8.94. The number of aromatic nitrogens is 4. The predicted molar refractivity (Wildman–Crippen MR) is 269 cm³/mol. The first-order valence-corrected chi connectivity index (χ1v) is 25.3. The van der Waals surface area contributed by atoms with Gasteiger partial charge in [0.15, 0.2) is 17.1 Å². The Hall–Kier alpha value is -5.61. The Bertz CT molecular complexity index is 2820. The van der Waals surface area contributed by atoms with Gasteiger partial charge in [0.2, 0.25) is 30.4 Å². The number of unbranched alkanes of at least 4 members (excludes halogenated alkanes) is 2. The zero-order valence-corrected chi connectivity index (χ0v) is 45.4. The minimum absolute atomic E-state index is 0. The minimum Gasteiger partial charge on any atom is -0.740 e. The van der Waals surface area contributed by atoms with E-state index >= 15 is 0 Å². The van der Waals surface area contributed by atoms with Crippen LogP contribution in [0.1, 0.15) is 91.9 Å². The van der Waals surface area contributed by atoms with Crippen LogP contribution in [0, 0.1) is 44.5 Å². The standard InChI is InChI=1S/C50H64N10O14S.Tb/c1-4-50(68)34-18-37-43-32(23-60(37)47(66)33(34)24-72-48(50)67)30(31-17-38-39(74-27-73-38)19-36(31)57-43)9-6-8-13-71-26-56-40(61)22-53-45(64)35(10-5-7-11-51)58-46(65)42(28(2)3)59-41(62)25-70-16-15-69-14-12-52-44(63)29-20-54-49(75)55-21-29;/h17-21,28,35,42,68H,4-16,22-27,51H2,1-3H3,(H,52,63)(H,53,64)(H,56,61)(H,58,65)(H,59,62)(H,54,55,75);/p-1/t35-,42-,50+;/m0./s1. The molecule has 8 N–H and O–H groups in total. The van der Waals surface area contributed by atoms with Crippen molar-refractivity contribution in [1.82, 2.24) is 46.1 Å². The molecule has 0 bridgehead atoms. The molecule has 0 saturated carbocycles. The third-order valence-electron chi connectivity index (χ3n) is 12.9. The van der Waals surface area contributed by atoms with Crippen molar-refractivity contribution in [2.75, 3.05) is 66.2 Å². The number of amides is 5. The van der Waals surface area contributed by atoms with E-state index in [1.54, 1.807) is 37.5 Å². The van der Waals surface area contributed by atoms with Gasteiger partial charge < -0.3 is 83.0 Å². The Labute approximate surface area is 474 Å². The molecule has 3 aromatic heterocycles. The quantitative estimate of drug-likeness (QED) is 0.0116. The number of hydrogen-bond acceptors (Lipinski definition) is 19. The van der Waals surface area contributed by atoms with E-state index in [0.29, 0.717) is 67.1 Å². The summed E-state index contributed by atoms with van der Waals surface area (Å²) in [6.45, 7) is 5.60. The molecule has 24 nitrogen and oxygen atoms in total. The number of carbonyl (C=O) groups excluding carboxylic acids is 6. The SMILES string of the molecule is CC[C@]1(O)C(=O)OCc2c1cc1n(c2=O)Cc2c-1nc1cc3c(cc1c2CCCCOCNC(=O)CNC(=O)[C@H](CCCCN)NC(=O)[C@@H](NC(=O)COCCOCCNC(=O)c1cnc([S-])nc1)C(C)C)OCO3.[Tb]. The second-order valence-corrected chi connectivity index (χ2v) is 18.7. The number of nitrogens with zero attached hydrogens (tertiary/aromatic N) is 4. The Morgan fingerprint density at radius 2 is 1.62 bits per heavy atom. The number of nitrogens with two attached hydrogens (primary N) is 1. The van der Waals surface area contributed by atoms with E-state index in [-0.39, 0.29) is 163 Å². The molecule has 413 valence electrons. The molecule has 1 radical (unpaired) electrons. The molecule has 3 aliphatic rings. The molecule has 1 aromatic carbocycles. The van der Waals surface area contributed by atoms with Gasteiger partial charge in [0, 0.05) is 91.9 Å². The number of carbonyl (C=O) groups is 6. The van der Waals surface area contributed by atoms with Gasteiger partial charge in [0.25, 0.3) is 11.5 Å². The number of hydrogen-bond donors (Lipinski definition) is 7. The Morgan fingerprint density at radius 3 is 2.36 bits per heavy atom. The van der Waals surface area contributed by atoms with Crippen molar-refractivity contribution in [3.05, 3.63) is 68.8 Å². The summed E-state index contributed by atoms with van der Waals surface area (Å²) in [5.74, 6) is -2.67. The summed E-state index contributed by atoms with van der Waals surface area (Å²) < 4.78 is 34.8. The fraction of sp³-hybridized carbons (Fsp3) is 0.520. The molecule has 6 heterocycles. The maximum absolute atomic E-state index is 13.9. The van der Waals surface area contributed by atoms with Crippen LogP contribution in [0.5, 0.6) is 11.5 Å². The van der Waals surface area contributed by atoms with Crippen LogP contribution < -0.4 is 47.4 Å². The van der Waals surface area contributed by atoms with Gasteiger partial charge >= 0.3 is 5.97 Å². The summed E-state index contributed by atoms with van der Waals surface area (Å²) >= 11 is 4.82. The molecular formula is C50H63N10O14STb-. The normalized spacial score (nSPS) is 15.6. The van der Waals surface area contributed by atoms with E-state index in [9.17, 15) is 38.7 Å². The number of pyridine rings is 2. The van der Waals surface area contributed by atoms with Gasteiger partial charge in [-0.15, -0.1) is 0 Å². The molecule has 0 spiro atoms. The molecule has 7 rings (SSSR count). The summed E-state index contributed by atoms with van der Waals surface area (Å²) in [6.07, 6.45) is 5.84. The van der Waals surface area contributed by atoms with E-state index in [4.69, 9.17) is 51.8 Å². The van der Waals surface area contributed by atoms with E-state index in [0.717, 1.165) is 16.5 Å². The van der Waals surface area contributed by atoms with E-state index in [2.05, 4.69) is 36.6 Å². The third-order valence-corrected chi connectivity index (χ3v) is 13.1. The van der Waals surface area contributed by atoms with Crippen LogP contribution >= 0.6 is 0 Å². The maximum Gasteiger partial charge on any atom is 0.343 e. The van der Waals surface area contributed by atoms with Crippen LogP contribution in [0.4, 0.5) is 0 Å². The maximum atomic E-state index is 13.9. The molecule has 0 aliphatic carbocycles. The first kappa shape index (κ1) is 59.6. The smallest absolute Gasteiger partial charge is 0.343 e. The largest absolute Gasteiger partial charge is 0.740 e. The summed E-state index contributed by atoms with van der Waals surface area (Å²) in [7, 11) is 0. The minimum atomic E-state index is -1.96. The van der Waals surface area contributed by atoms with Crippen LogP contribution in [-0.4, -0.2) is 138 Å². The van der Waals surface area contributed by atoms with E-state index in [1.807, 2.05) is 6.07 Å². The van der Waals surface area contributed by atoms with Crippen molar-refractivity contribution in [2.45, 2.75) is 102 Å². The predicted octanol–water partition coefficient (Wildman–Crippen LogP) is 0.251. The van der Waals surface area contributed by atoms with Gasteiger partial charge in [-0.2, -0.15) is 0 Å². The van der Waals surface area contributed by atoms with Crippen LogP contribution in [0.25, 0.3) is 22.3 Å². The summed E-state index contributed by atoms with van der Waals surface area (Å²) in [4.78, 5) is 104. The van der Waals surface area contributed by atoms with Crippen molar-refractivity contribution in [1.29, 1.82) is 0 Å². The number of aliphatic hydroxyl groups is 1. The Morgan fingerprint density at radius 1 is 0.868 bits per heavy atom. The third kappa shape index (κ3) is 14.7. The number of benzene rings is 1. The number of cyclic esters (lactones) is 1. The number of fused-ring (bicyclic) bond motifs is 6. The molecule has 76 heavy (non-hydrogen) atoms. The van der Waals surface area contributed by atoms with Gasteiger partial charge in [-0.3, -0.25) is 38.7 Å².